The van der Waals surface area contributed by atoms with E-state index in [1.54, 1.807) is 28.9 Å². The summed E-state index contributed by atoms with van der Waals surface area (Å²) in [6.07, 6.45) is 8.25. The molecule has 0 unspecified atom stereocenters. The molecule has 4 rings (SSSR count). The Bertz CT molecular complexity index is 934. The minimum Gasteiger partial charge on any atom is -0.490 e. The molecule has 1 aliphatic heterocycles. The highest BCUT2D eigenvalue weighted by Crippen LogP contribution is 2.33. The number of urea groups is 1. The molecule has 2 aliphatic rings. The van der Waals surface area contributed by atoms with Gasteiger partial charge in [0.05, 0.1) is 12.3 Å². The summed E-state index contributed by atoms with van der Waals surface area (Å²) in [4.78, 5) is 19.2. The molecule has 1 N–H and O–H groups in total. The van der Waals surface area contributed by atoms with Crippen LogP contribution in [0.4, 0.5) is 16.4 Å². The van der Waals surface area contributed by atoms with E-state index in [9.17, 15) is 4.79 Å². The van der Waals surface area contributed by atoms with Crippen LogP contribution in [0.3, 0.4) is 0 Å². The van der Waals surface area contributed by atoms with Crippen LogP contribution in [-0.4, -0.2) is 33.9 Å². The highest BCUT2D eigenvalue weighted by atomic mass is 35.5. The Morgan fingerprint density at radius 1 is 1.33 bits per heavy atom. The number of anilines is 2. The van der Waals surface area contributed by atoms with E-state index in [2.05, 4.69) is 16.5 Å². The van der Waals surface area contributed by atoms with E-state index in [0.717, 1.165) is 35.6 Å². The quantitative estimate of drug-likeness (QED) is 0.849. The van der Waals surface area contributed by atoms with Gasteiger partial charge in [0.2, 0.25) is 0 Å². The van der Waals surface area contributed by atoms with Crippen LogP contribution >= 0.6 is 11.6 Å². The summed E-state index contributed by atoms with van der Waals surface area (Å²) in [5.41, 5.74) is 1.73. The van der Waals surface area contributed by atoms with Crippen LogP contribution in [0.15, 0.2) is 41.6 Å². The fraction of sp³-hybridized carbons (Fsp3) is 0.316. The zero-order valence-electron chi connectivity index (χ0n) is 15.0. The number of rotatable bonds is 2. The van der Waals surface area contributed by atoms with E-state index in [-0.39, 0.29) is 6.03 Å². The van der Waals surface area contributed by atoms with Crippen molar-refractivity contribution in [1.82, 2.24) is 14.8 Å². The first kappa shape index (κ1) is 17.6. The highest BCUT2D eigenvalue weighted by Gasteiger charge is 2.25. The average Bonchev–Trinajstić information content (AvgIpc) is 2.94. The molecule has 2 aromatic rings. The van der Waals surface area contributed by atoms with Crippen LogP contribution in [0.5, 0.6) is 5.75 Å². The third kappa shape index (κ3) is 3.83. The maximum Gasteiger partial charge on any atom is 0.328 e. The predicted molar refractivity (Wildman–Crippen MR) is 105 cm³/mol. The average molecular weight is 386 g/mol. The lowest BCUT2D eigenvalue weighted by atomic mass is 10.0. The SMILES string of the molecule is Cn1ccc(NC(=O)N2CCCOc3ccc(C4=CCCC(Cl)=C4)nc32)n1. The number of halogens is 1. The first-order chi connectivity index (χ1) is 13.1. The number of fused-ring (bicyclic) bond motifs is 1. The molecule has 0 radical (unpaired) electrons. The molecule has 7 nitrogen and oxygen atoms in total. The smallest absolute Gasteiger partial charge is 0.328 e. The fourth-order valence-electron chi connectivity index (χ4n) is 3.11. The molecule has 2 amide bonds. The Balaban J connectivity index is 1.66. The lowest BCUT2D eigenvalue weighted by Gasteiger charge is -2.21. The Labute approximate surface area is 162 Å². The second kappa shape index (κ2) is 7.44. The molecule has 0 saturated carbocycles. The molecule has 0 aromatic carbocycles. The number of aromatic nitrogens is 3. The van der Waals surface area contributed by atoms with Crippen molar-refractivity contribution in [3.05, 3.63) is 47.3 Å². The highest BCUT2D eigenvalue weighted by molar-refractivity contribution is 6.30. The molecule has 27 heavy (non-hydrogen) atoms. The number of hydrogen-bond acceptors (Lipinski definition) is 4. The monoisotopic (exact) mass is 385 g/mol. The van der Waals surface area contributed by atoms with Gasteiger partial charge in [-0.3, -0.25) is 14.9 Å². The fourth-order valence-corrected chi connectivity index (χ4v) is 3.34. The lowest BCUT2D eigenvalue weighted by molar-refractivity contribution is 0.256. The van der Waals surface area contributed by atoms with Gasteiger partial charge in [-0.1, -0.05) is 17.7 Å². The van der Waals surface area contributed by atoms with Crippen molar-refractivity contribution in [2.45, 2.75) is 19.3 Å². The first-order valence-corrected chi connectivity index (χ1v) is 9.26. The second-order valence-corrected chi connectivity index (χ2v) is 6.95. The predicted octanol–water partition coefficient (Wildman–Crippen LogP) is 3.94. The van der Waals surface area contributed by atoms with Crippen molar-refractivity contribution in [3.63, 3.8) is 0 Å². The van der Waals surface area contributed by atoms with Crippen molar-refractivity contribution in [2.24, 2.45) is 7.05 Å². The molecular formula is C19H20ClN5O2. The summed E-state index contributed by atoms with van der Waals surface area (Å²) in [6, 6.07) is 5.23. The van der Waals surface area contributed by atoms with Gasteiger partial charge in [-0.2, -0.15) is 5.10 Å². The molecule has 140 valence electrons. The summed E-state index contributed by atoms with van der Waals surface area (Å²) in [6.45, 7) is 1.05. The number of carbonyl (C=O) groups excluding carboxylic acids is 1. The number of pyridine rings is 1. The standard InChI is InChI=1S/C19H20ClN5O2/c1-24-10-8-17(23-24)22-19(26)25-9-3-11-27-16-7-6-15(21-18(16)25)13-4-2-5-14(20)12-13/h4,6-8,10,12H,2-3,5,9,11H2,1H3,(H,22,23,26). The lowest BCUT2D eigenvalue weighted by Crippen LogP contribution is -2.36. The molecule has 2 aromatic heterocycles. The molecule has 3 heterocycles. The number of amides is 2. The first-order valence-electron chi connectivity index (χ1n) is 8.89. The Hall–Kier alpha value is -2.80. The maximum absolute atomic E-state index is 12.9. The third-order valence-corrected chi connectivity index (χ3v) is 4.73. The Morgan fingerprint density at radius 2 is 2.22 bits per heavy atom. The number of aryl methyl sites for hydroxylation is 1. The molecule has 0 bridgehead atoms. The van der Waals surface area contributed by atoms with E-state index >= 15 is 0 Å². The molecule has 0 fully saturated rings. The van der Waals surface area contributed by atoms with Gasteiger partial charge in [-0.25, -0.2) is 9.78 Å². The van der Waals surface area contributed by atoms with Gasteiger partial charge in [0.1, 0.15) is 0 Å². The number of carbonyl (C=O) groups is 1. The maximum atomic E-state index is 12.9. The zero-order chi connectivity index (χ0) is 18.8. The van der Waals surface area contributed by atoms with Gasteiger partial charge in [0.25, 0.3) is 0 Å². The molecule has 1 aliphatic carbocycles. The van der Waals surface area contributed by atoms with Crippen molar-refractivity contribution in [1.29, 1.82) is 0 Å². The number of nitrogens with zero attached hydrogens (tertiary/aromatic N) is 4. The number of ether oxygens (including phenoxy) is 1. The van der Waals surface area contributed by atoms with Gasteiger partial charge in [-0.15, -0.1) is 0 Å². The number of hydrogen-bond donors (Lipinski definition) is 1. The minimum atomic E-state index is -0.281. The topological polar surface area (TPSA) is 72.3 Å². The van der Waals surface area contributed by atoms with E-state index < -0.39 is 0 Å². The van der Waals surface area contributed by atoms with Crippen LogP contribution in [0, 0.1) is 0 Å². The summed E-state index contributed by atoms with van der Waals surface area (Å²) >= 11 is 6.19. The largest absolute Gasteiger partial charge is 0.490 e. The van der Waals surface area contributed by atoms with Gasteiger partial charge < -0.3 is 4.74 Å². The Morgan fingerprint density at radius 3 is 3.00 bits per heavy atom. The summed E-state index contributed by atoms with van der Waals surface area (Å²) in [7, 11) is 1.80. The van der Waals surface area contributed by atoms with E-state index in [1.807, 2.05) is 18.2 Å². The van der Waals surface area contributed by atoms with Gasteiger partial charge in [0, 0.05) is 30.9 Å². The third-order valence-electron chi connectivity index (χ3n) is 4.43. The zero-order valence-corrected chi connectivity index (χ0v) is 15.7. The van der Waals surface area contributed by atoms with Crippen molar-refractivity contribution in [2.75, 3.05) is 23.4 Å². The molecule has 8 heteroatoms. The van der Waals surface area contributed by atoms with E-state index in [1.165, 1.54) is 0 Å². The van der Waals surface area contributed by atoms with Gasteiger partial charge >= 0.3 is 6.03 Å². The van der Waals surface area contributed by atoms with Crippen LogP contribution < -0.4 is 15.0 Å². The van der Waals surface area contributed by atoms with Crippen molar-refractivity contribution >= 4 is 34.8 Å². The van der Waals surface area contributed by atoms with Crippen LogP contribution in [-0.2, 0) is 7.05 Å². The minimum absolute atomic E-state index is 0.281. The summed E-state index contributed by atoms with van der Waals surface area (Å²) in [5.74, 6) is 1.60. The number of allylic oxidation sites excluding steroid dienone is 4. The summed E-state index contributed by atoms with van der Waals surface area (Å²) < 4.78 is 7.42. The van der Waals surface area contributed by atoms with Gasteiger partial charge in [0.15, 0.2) is 17.4 Å². The Kier molecular flexibility index (Phi) is 4.85. The van der Waals surface area contributed by atoms with Gasteiger partial charge in [-0.05, 0) is 43.0 Å². The van der Waals surface area contributed by atoms with Crippen LogP contribution in [0.2, 0.25) is 0 Å². The molecular weight excluding hydrogens is 366 g/mol. The molecule has 0 atom stereocenters. The molecule has 0 saturated heterocycles. The number of nitrogens with one attached hydrogen (secondary N) is 1. The van der Waals surface area contributed by atoms with Crippen molar-refractivity contribution in [3.8, 4) is 5.75 Å². The van der Waals surface area contributed by atoms with E-state index in [4.69, 9.17) is 21.3 Å². The second-order valence-electron chi connectivity index (χ2n) is 6.47. The van der Waals surface area contributed by atoms with E-state index in [0.29, 0.717) is 30.5 Å². The van der Waals surface area contributed by atoms with Crippen molar-refractivity contribution < 1.29 is 9.53 Å². The summed E-state index contributed by atoms with van der Waals surface area (Å²) in [5, 5.41) is 7.83. The van der Waals surface area contributed by atoms with Crippen LogP contribution in [0.1, 0.15) is 25.0 Å². The molecule has 0 spiro atoms. The van der Waals surface area contributed by atoms with Crippen LogP contribution in [0.25, 0.3) is 5.57 Å². The normalized spacial score (nSPS) is 16.6.